The average molecular weight is 504 g/mol. The lowest BCUT2D eigenvalue weighted by Gasteiger charge is -2.14. The van der Waals surface area contributed by atoms with Gasteiger partial charge >= 0.3 is 10.2 Å². The van der Waals surface area contributed by atoms with Gasteiger partial charge in [-0.3, -0.25) is 0 Å². The van der Waals surface area contributed by atoms with Gasteiger partial charge in [-0.05, 0) is 43.3 Å². The highest BCUT2D eigenvalue weighted by atomic mass is 32.2. The molecule has 12 heteroatoms. The summed E-state index contributed by atoms with van der Waals surface area (Å²) < 4.78 is 41.9. The normalized spacial score (nSPS) is 11.6. The molecule has 0 fully saturated rings. The summed E-state index contributed by atoms with van der Waals surface area (Å²) in [6, 6.07) is 13.4. The third-order valence-electron chi connectivity index (χ3n) is 5.08. The van der Waals surface area contributed by atoms with Gasteiger partial charge in [0.25, 0.3) is 0 Å². The summed E-state index contributed by atoms with van der Waals surface area (Å²) in [5.41, 5.74) is 3.29. The largest absolute Gasteiger partial charge is 0.385 e. The van der Waals surface area contributed by atoms with Crippen LogP contribution >= 0.6 is 11.3 Å². The summed E-state index contributed by atoms with van der Waals surface area (Å²) in [5.74, 6) is 0. The first kappa shape index (κ1) is 23.9. The molecule has 0 amide bonds. The van der Waals surface area contributed by atoms with E-state index in [1.807, 2.05) is 30.3 Å². The Hall–Kier alpha value is -3.22. The molecule has 0 aliphatic carbocycles. The van der Waals surface area contributed by atoms with Crippen molar-refractivity contribution in [3.05, 3.63) is 65.6 Å². The van der Waals surface area contributed by atoms with Crippen LogP contribution in [0.5, 0.6) is 0 Å². The highest BCUT2D eigenvalue weighted by molar-refractivity contribution is 7.91. The molecule has 0 radical (unpaired) electrons. The summed E-state index contributed by atoms with van der Waals surface area (Å²) in [6.07, 6.45) is 3.47. The zero-order valence-electron chi connectivity index (χ0n) is 18.6. The molecule has 0 saturated carbocycles. The Bertz CT molecular complexity index is 1350. The molecule has 9 nitrogen and oxygen atoms in total. The van der Waals surface area contributed by atoms with Gasteiger partial charge < -0.3 is 16.0 Å². The Morgan fingerprint density at radius 3 is 2.65 bits per heavy atom. The minimum Gasteiger partial charge on any atom is -0.385 e. The average Bonchev–Trinajstić information content (AvgIpc) is 3.44. The maximum absolute atomic E-state index is 13.2. The zero-order valence-corrected chi connectivity index (χ0v) is 20.2. The summed E-state index contributed by atoms with van der Waals surface area (Å²) in [5, 5.41) is 14.2. The van der Waals surface area contributed by atoms with E-state index in [9.17, 15) is 12.8 Å². The van der Waals surface area contributed by atoms with Gasteiger partial charge in [0, 0.05) is 29.9 Å². The van der Waals surface area contributed by atoms with Gasteiger partial charge in [0.15, 0.2) is 5.13 Å². The summed E-state index contributed by atoms with van der Waals surface area (Å²) in [6.45, 7) is 5.42. The smallest absolute Gasteiger partial charge is 0.345 e. The number of para-hydroxylation sites is 1. The van der Waals surface area contributed by atoms with Crippen LogP contribution in [0, 0.1) is 5.13 Å². The first-order valence-electron chi connectivity index (χ1n) is 10.9. The number of thiazole rings is 1. The van der Waals surface area contributed by atoms with E-state index in [4.69, 9.17) is 0 Å². The predicted octanol–water partition coefficient (Wildman–Crippen LogP) is 3.86. The number of hydrogen-bond donors (Lipinski definition) is 4. The third kappa shape index (κ3) is 5.64. The second-order valence-corrected chi connectivity index (χ2v) is 9.93. The molecular weight excluding hydrogens is 477 g/mol. The Morgan fingerprint density at radius 2 is 1.85 bits per heavy atom. The van der Waals surface area contributed by atoms with E-state index in [-0.39, 0.29) is 5.13 Å². The number of hydrogen-bond acceptors (Lipinski definition) is 8. The molecule has 0 unspecified atom stereocenters. The minimum absolute atomic E-state index is 0.0648. The molecule has 2 heterocycles. The van der Waals surface area contributed by atoms with Crippen LogP contribution in [0.25, 0.3) is 10.9 Å². The standard InChI is InChI=1S/C22H26FN7O2S2/c1-2-24-11-6-12-25-18-8-4-3-7-16(18)13-26-19-9-5-10-20-17(19)14-28-30(20)34(31,32)29-22-27-15-21(23)33-22/h3-5,7-10,14-15,24-26H,2,6,11-13H2,1H3,(H,27,29). The monoisotopic (exact) mass is 503 g/mol. The van der Waals surface area contributed by atoms with Crippen molar-refractivity contribution in [3.8, 4) is 0 Å². The highest BCUT2D eigenvalue weighted by Crippen LogP contribution is 2.26. The van der Waals surface area contributed by atoms with Gasteiger partial charge in [-0.1, -0.05) is 42.5 Å². The van der Waals surface area contributed by atoms with Crippen LogP contribution in [0.1, 0.15) is 18.9 Å². The molecule has 0 bridgehead atoms. The fourth-order valence-corrected chi connectivity index (χ4v) is 5.31. The maximum Gasteiger partial charge on any atom is 0.345 e. The van der Waals surface area contributed by atoms with Crippen LogP contribution in [0.4, 0.5) is 20.9 Å². The number of rotatable bonds is 12. The van der Waals surface area contributed by atoms with Crippen molar-refractivity contribution in [2.75, 3.05) is 35.0 Å². The number of anilines is 3. The van der Waals surface area contributed by atoms with E-state index < -0.39 is 15.3 Å². The number of nitrogens with zero attached hydrogens (tertiary/aromatic N) is 3. The quantitative estimate of drug-likeness (QED) is 0.217. The Balaban J connectivity index is 1.49. The van der Waals surface area contributed by atoms with Gasteiger partial charge in [0.05, 0.1) is 17.9 Å². The van der Waals surface area contributed by atoms with Gasteiger partial charge in [0.2, 0.25) is 5.13 Å². The van der Waals surface area contributed by atoms with Crippen LogP contribution in [-0.2, 0) is 16.8 Å². The number of halogens is 1. The van der Waals surface area contributed by atoms with E-state index in [1.54, 1.807) is 12.1 Å². The Kier molecular flexibility index (Phi) is 7.60. The lowest BCUT2D eigenvalue weighted by Crippen LogP contribution is -2.22. The number of nitrogens with one attached hydrogen (secondary N) is 4. The van der Waals surface area contributed by atoms with Crippen molar-refractivity contribution in [1.82, 2.24) is 19.5 Å². The molecule has 4 rings (SSSR count). The van der Waals surface area contributed by atoms with E-state index in [1.165, 1.54) is 6.20 Å². The molecule has 0 spiro atoms. The molecule has 0 atom stereocenters. The molecule has 4 aromatic rings. The topological polar surface area (TPSA) is 113 Å². The zero-order chi connectivity index (χ0) is 24.0. The van der Waals surface area contributed by atoms with E-state index in [0.29, 0.717) is 28.8 Å². The van der Waals surface area contributed by atoms with Gasteiger partial charge in [-0.2, -0.15) is 17.9 Å². The maximum atomic E-state index is 13.2. The first-order chi connectivity index (χ1) is 16.5. The summed E-state index contributed by atoms with van der Waals surface area (Å²) >= 11 is 0.606. The fraction of sp³-hybridized carbons (Fsp3) is 0.273. The third-order valence-corrected chi connectivity index (χ3v) is 7.11. The highest BCUT2D eigenvalue weighted by Gasteiger charge is 2.20. The van der Waals surface area contributed by atoms with E-state index in [0.717, 1.165) is 53.3 Å². The lowest BCUT2D eigenvalue weighted by molar-refractivity contribution is 0.588. The molecule has 34 heavy (non-hydrogen) atoms. The molecule has 2 aromatic carbocycles. The molecule has 0 aliphatic heterocycles. The van der Waals surface area contributed by atoms with Crippen molar-refractivity contribution in [2.45, 2.75) is 19.9 Å². The second kappa shape index (κ2) is 10.8. The molecular formula is C22H26FN7O2S2. The second-order valence-electron chi connectivity index (χ2n) is 7.45. The molecule has 2 aromatic heterocycles. The van der Waals surface area contributed by atoms with E-state index >= 15 is 0 Å². The first-order valence-corrected chi connectivity index (χ1v) is 13.1. The number of aromatic nitrogens is 3. The predicted molar refractivity (Wildman–Crippen MR) is 135 cm³/mol. The van der Waals surface area contributed by atoms with Crippen LogP contribution < -0.4 is 20.7 Å². The number of benzene rings is 2. The van der Waals surface area contributed by atoms with Crippen molar-refractivity contribution >= 4 is 49.0 Å². The summed E-state index contributed by atoms with van der Waals surface area (Å²) in [4.78, 5) is 3.71. The van der Waals surface area contributed by atoms with Crippen molar-refractivity contribution in [2.24, 2.45) is 0 Å². The Labute approximate surface area is 201 Å². The fourth-order valence-electron chi connectivity index (χ4n) is 3.48. The van der Waals surface area contributed by atoms with Crippen LogP contribution in [0.2, 0.25) is 0 Å². The van der Waals surface area contributed by atoms with E-state index in [2.05, 4.69) is 37.7 Å². The number of fused-ring (bicyclic) bond motifs is 1. The SMILES string of the molecule is CCNCCCNc1ccccc1CNc1cccc2c1cnn2S(=O)(=O)Nc1ncc(F)s1. The molecule has 0 aliphatic rings. The lowest BCUT2D eigenvalue weighted by atomic mass is 10.1. The molecule has 4 N–H and O–H groups in total. The van der Waals surface area contributed by atoms with Crippen molar-refractivity contribution < 1.29 is 12.8 Å². The van der Waals surface area contributed by atoms with Crippen molar-refractivity contribution in [1.29, 1.82) is 0 Å². The van der Waals surface area contributed by atoms with Crippen LogP contribution in [-0.4, -0.2) is 42.2 Å². The minimum atomic E-state index is -4.10. The van der Waals surface area contributed by atoms with Crippen LogP contribution in [0.3, 0.4) is 0 Å². The molecule has 180 valence electrons. The van der Waals surface area contributed by atoms with Crippen molar-refractivity contribution in [3.63, 3.8) is 0 Å². The van der Waals surface area contributed by atoms with Gasteiger partial charge in [0.1, 0.15) is 0 Å². The Morgan fingerprint density at radius 1 is 1.03 bits per heavy atom. The van der Waals surface area contributed by atoms with Gasteiger partial charge in [-0.25, -0.2) is 9.71 Å². The van der Waals surface area contributed by atoms with Gasteiger partial charge in [-0.15, -0.1) is 4.09 Å². The molecule has 0 saturated heterocycles. The summed E-state index contributed by atoms with van der Waals surface area (Å²) in [7, 11) is -4.10. The van der Waals surface area contributed by atoms with Crippen LogP contribution in [0.15, 0.2) is 54.9 Å².